The number of hydrogen-bond donors (Lipinski definition) is 1. The van der Waals surface area contributed by atoms with E-state index in [-0.39, 0.29) is 0 Å². The molecule has 0 spiro atoms. The number of nitrogens with zero attached hydrogens (tertiary/aromatic N) is 2. The molecule has 17 heavy (non-hydrogen) atoms. The molecule has 0 amide bonds. The number of thiophene rings is 1. The SMILES string of the molecule is Cc1nn(C)c(CN[C@H](C)c2cccs2)c1Cl. The summed E-state index contributed by atoms with van der Waals surface area (Å²) >= 11 is 7.96. The topological polar surface area (TPSA) is 29.9 Å². The van der Waals surface area contributed by atoms with E-state index in [9.17, 15) is 0 Å². The van der Waals surface area contributed by atoms with Crippen LogP contribution >= 0.6 is 22.9 Å². The van der Waals surface area contributed by atoms with E-state index in [1.54, 1.807) is 11.3 Å². The van der Waals surface area contributed by atoms with Crippen LogP contribution in [0.1, 0.15) is 29.2 Å². The van der Waals surface area contributed by atoms with Gasteiger partial charge in [-0.05, 0) is 25.3 Å². The molecule has 0 aromatic carbocycles. The minimum atomic E-state index is 0.335. The normalized spacial score (nSPS) is 12.9. The zero-order valence-electron chi connectivity index (χ0n) is 10.2. The highest BCUT2D eigenvalue weighted by molar-refractivity contribution is 7.10. The molecular weight excluding hydrogens is 254 g/mol. The Hall–Kier alpha value is -0.840. The van der Waals surface area contributed by atoms with Crippen molar-refractivity contribution in [3.63, 3.8) is 0 Å². The summed E-state index contributed by atoms with van der Waals surface area (Å²) in [7, 11) is 1.92. The summed E-state index contributed by atoms with van der Waals surface area (Å²) in [6.45, 7) is 4.81. The van der Waals surface area contributed by atoms with Gasteiger partial charge in [-0.25, -0.2) is 0 Å². The number of nitrogens with one attached hydrogen (secondary N) is 1. The van der Waals surface area contributed by atoms with Crippen molar-refractivity contribution in [3.05, 3.63) is 38.8 Å². The largest absolute Gasteiger partial charge is 0.304 e. The Morgan fingerprint density at radius 1 is 1.59 bits per heavy atom. The quantitative estimate of drug-likeness (QED) is 0.923. The first-order chi connectivity index (χ1) is 8.09. The summed E-state index contributed by atoms with van der Waals surface area (Å²) in [6.07, 6.45) is 0. The number of aryl methyl sites for hydroxylation is 2. The lowest BCUT2D eigenvalue weighted by Gasteiger charge is -2.12. The third-order valence-electron chi connectivity index (χ3n) is 2.81. The highest BCUT2D eigenvalue weighted by Gasteiger charge is 2.12. The van der Waals surface area contributed by atoms with Crippen LogP contribution < -0.4 is 5.32 Å². The maximum Gasteiger partial charge on any atom is 0.0860 e. The van der Waals surface area contributed by atoms with Gasteiger partial charge in [0.2, 0.25) is 0 Å². The lowest BCUT2D eigenvalue weighted by atomic mass is 10.2. The van der Waals surface area contributed by atoms with Gasteiger partial charge in [0.1, 0.15) is 0 Å². The third kappa shape index (κ3) is 2.70. The molecule has 0 aliphatic carbocycles. The molecule has 2 heterocycles. The average molecular weight is 270 g/mol. The summed E-state index contributed by atoms with van der Waals surface area (Å²) in [5.74, 6) is 0. The van der Waals surface area contributed by atoms with Crippen LogP contribution in [0.4, 0.5) is 0 Å². The Balaban J connectivity index is 2.03. The highest BCUT2D eigenvalue weighted by Crippen LogP contribution is 2.22. The van der Waals surface area contributed by atoms with Crippen molar-refractivity contribution in [2.75, 3.05) is 0 Å². The second-order valence-corrected chi connectivity index (χ2v) is 5.44. The number of aromatic nitrogens is 2. The first-order valence-electron chi connectivity index (χ1n) is 5.54. The Morgan fingerprint density at radius 3 is 2.88 bits per heavy atom. The van der Waals surface area contributed by atoms with Gasteiger partial charge in [0, 0.05) is 24.5 Å². The molecule has 0 radical (unpaired) electrons. The molecule has 0 bridgehead atoms. The van der Waals surface area contributed by atoms with E-state index in [2.05, 4.69) is 34.9 Å². The molecule has 2 rings (SSSR count). The van der Waals surface area contributed by atoms with Gasteiger partial charge in [-0.3, -0.25) is 4.68 Å². The van der Waals surface area contributed by atoms with E-state index in [1.165, 1.54) is 4.88 Å². The van der Waals surface area contributed by atoms with Crippen LogP contribution in [0.5, 0.6) is 0 Å². The van der Waals surface area contributed by atoms with Crippen LogP contribution in [0, 0.1) is 6.92 Å². The van der Waals surface area contributed by atoms with Gasteiger partial charge in [-0.1, -0.05) is 17.7 Å². The molecule has 2 aromatic rings. The van der Waals surface area contributed by atoms with E-state index >= 15 is 0 Å². The van der Waals surface area contributed by atoms with Gasteiger partial charge >= 0.3 is 0 Å². The molecular formula is C12H16ClN3S. The summed E-state index contributed by atoms with van der Waals surface area (Å²) < 4.78 is 1.84. The summed E-state index contributed by atoms with van der Waals surface area (Å²) in [6, 6.07) is 4.54. The first-order valence-corrected chi connectivity index (χ1v) is 6.80. The summed E-state index contributed by atoms with van der Waals surface area (Å²) in [5, 5.41) is 10.6. The molecule has 0 fully saturated rings. The van der Waals surface area contributed by atoms with Crippen molar-refractivity contribution in [3.8, 4) is 0 Å². The zero-order valence-corrected chi connectivity index (χ0v) is 11.8. The molecule has 1 N–H and O–H groups in total. The smallest absolute Gasteiger partial charge is 0.0860 e. The Labute approximate surface area is 110 Å². The summed E-state index contributed by atoms with van der Waals surface area (Å²) in [4.78, 5) is 1.33. The fourth-order valence-corrected chi connectivity index (χ4v) is 2.75. The zero-order chi connectivity index (χ0) is 12.4. The van der Waals surface area contributed by atoms with Crippen LogP contribution in [-0.4, -0.2) is 9.78 Å². The van der Waals surface area contributed by atoms with Crippen molar-refractivity contribution >= 4 is 22.9 Å². The van der Waals surface area contributed by atoms with Crippen LogP contribution in [0.25, 0.3) is 0 Å². The monoisotopic (exact) mass is 269 g/mol. The summed E-state index contributed by atoms with van der Waals surface area (Å²) in [5.41, 5.74) is 1.92. The van der Waals surface area contributed by atoms with E-state index < -0.39 is 0 Å². The Bertz CT molecular complexity index is 490. The van der Waals surface area contributed by atoms with Crippen molar-refractivity contribution in [1.29, 1.82) is 0 Å². The van der Waals surface area contributed by atoms with Crippen LogP contribution in [0.3, 0.4) is 0 Å². The van der Waals surface area contributed by atoms with Crippen molar-refractivity contribution in [2.24, 2.45) is 7.05 Å². The van der Waals surface area contributed by atoms with Gasteiger partial charge in [-0.2, -0.15) is 5.10 Å². The van der Waals surface area contributed by atoms with Crippen molar-refractivity contribution in [1.82, 2.24) is 15.1 Å². The Morgan fingerprint density at radius 2 is 2.35 bits per heavy atom. The fraction of sp³-hybridized carbons (Fsp3) is 0.417. The number of rotatable bonds is 4. The fourth-order valence-electron chi connectivity index (χ4n) is 1.76. The molecule has 92 valence electrons. The maximum absolute atomic E-state index is 6.20. The molecule has 1 atom stereocenters. The minimum Gasteiger partial charge on any atom is -0.304 e. The number of hydrogen-bond acceptors (Lipinski definition) is 3. The average Bonchev–Trinajstić information content (AvgIpc) is 2.88. The van der Waals surface area contributed by atoms with E-state index in [0.717, 1.165) is 23.0 Å². The first kappa shape index (κ1) is 12.6. The molecule has 0 unspecified atom stereocenters. The maximum atomic E-state index is 6.20. The Kier molecular flexibility index (Phi) is 3.86. The molecule has 0 aliphatic rings. The van der Waals surface area contributed by atoms with Gasteiger partial charge in [0.05, 0.1) is 16.4 Å². The molecule has 5 heteroatoms. The van der Waals surface area contributed by atoms with Gasteiger partial charge in [0.25, 0.3) is 0 Å². The molecule has 3 nitrogen and oxygen atoms in total. The standard InChI is InChI=1S/C12H16ClN3S/c1-8(11-5-4-6-17-11)14-7-10-12(13)9(2)15-16(10)3/h4-6,8,14H,7H2,1-3H3/t8-/m1/s1. The van der Waals surface area contributed by atoms with Crippen molar-refractivity contribution in [2.45, 2.75) is 26.4 Å². The predicted octanol–water partition coefficient (Wildman–Crippen LogP) is 3.29. The van der Waals surface area contributed by atoms with Crippen LogP contribution in [0.15, 0.2) is 17.5 Å². The third-order valence-corrected chi connectivity index (χ3v) is 4.35. The van der Waals surface area contributed by atoms with Crippen LogP contribution in [-0.2, 0) is 13.6 Å². The molecule has 0 aliphatic heterocycles. The predicted molar refractivity (Wildman–Crippen MR) is 72.5 cm³/mol. The van der Waals surface area contributed by atoms with Crippen molar-refractivity contribution < 1.29 is 0 Å². The minimum absolute atomic E-state index is 0.335. The second-order valence-electron chi connectivity index (χ2n) is 4.09. The lowest BCUT2D eigenvalue weighted by Crippen LogP contribution is -2.19. The molecule has 0 saturated heterocycles. The van der Waals surface area contributed by atoms with Gasteiger partial charge in [-0.15, -0.1) is 11.3 Å². The van der Waals surface area contributed by atoms with E-state index in [4.69, 9.17) is 11.6 Å². The second kappa shape index (κ2) is 5.21. The molecule has 0 saturated carbocycles. The van der Waals surface area contributed by atoms with Crippen LogP contribution in [0.2, 0.25) is 5.02 Å². The van der Waals surface area contributed by atoms with Gasteiger partial charge < -0.3 is 5.32 Å². The molecule has 2 aromatic heterocycles. The van der Waals surface area contributed by atoms with E-state index in [0.29, 0.717) is 6.04 Å². The number of halogens is 1. The van der Waals surface area contributed by atoms with E-state index in [1.807, 2.05) is 18.7 Å². The highest BCUT2D eigenvalue weighted by atomic mass is 35.5. The van der Waals surface area contributed by atoms with Gasteiger partial charge in [0.15, 0.2) is 0 Å². The lowest BCUT2D eigenvalue weighted by molar-refractivity contribution is 0.554.